The van der Waals surface area contributed by atoms with Crippen molar-refractivity contribution in [1.29, 1.82) is 5.26 Å². The maximum Gasteiger partial charge on any atom is 0.262 e. The van der Waals surface area contributed by atoms with Crippen LogP contribution < -0.4 is 9.46 Å². The molecule has 0 aliphatic carbocycles. The molecule has 1 N–H and O–H groups in total. The van der Waals surface area contributed by atoms with E-state index < -0.39 is 10.0 Å². The van der Waals surface area contributed by atoms with E-state index in [-0.39, 0.29) is 28.7 Å². The van der Waals surface area contributed by atoms with Gasteiger partial charge in [-0.2, -0.15) is 5.26 Å². The third-order valence-corrected chi connectivity index (χ3v) is 9.92. The number of fused-ring (bicyclic) bond motifs is 9. The second kappa shape index (κ2) is 9.33. The normalized spacial score (nSPS) is 14.4. The van der Waals surface area contributed by atoms with Crippen LogP contribution >= 0.6 is 22.7 Å². The van der Waals surface area contributed by atoms with E-state index in [4.69, 9.17) is 4.74 Å². The second-order valence-corrected chi connectivity index (χ2v) is 12.5. The molecule has 5 aromatic rings. The number of anilines is 1. The van der Waals surface area contributed by atoms with Crippen molar-refractivity contribution in [2.75, 3.05) is 11.8 Å². The molecule has 5 heterocycles. The Labute approximate surface area is 226 Å². The number of ketones is 1. The minimum atomic E-state index is -4.05. The van der Waals surface area contributed by atoms with Gasteiger partial charge in [0.1, 0.15) is 11.8 Å². The number of thiophene rings is 2. The molecule has 1 aromatic carbocycles. The van der Waals surface area contributed by atoms with Crippen LogP contribution in [0, 0.1) is 11.3 Å². The number of carbonyl (C=O) groups is 1. The summed E-state index contributed by atoms with van der Waals surface area (Å²) >= 11 is 2.99. The van der Waals surface area contributed by atoms with Crippen molar-refractivity contribution >= 4 is 54.4 Å². The number of aryl methyl sites for hydroxylation is 1. The van der Waals surface area contributed by atoms with Crippen LogP contribution in [-0.4, -0.2) is 31.3 Å². The highest BCUT2D eigenvalue weighted by molar-refractivity contribution is 7.92. The first-order valence-corrected chi connectivity index (χ1v) is 14.6. The molecule has 1 aliphatic heterocycles. The van der Waals surface area contributed by atoms with E-state index in [1.165, 1.54) is 41.9 Å². The molecule has 8 bridgehead atoms. The third-order valence-electron chi connectivity index (χ3n) is 6.21. The van der Waals surface area contributed by atoms with Crippen LogP contribution in [0.4, 0.5) is 5.69 Å². The Hall–Kier alpha value is -4.11. The largest absolute Gasteiger partial charge is 0.480 e. The molecular weight excluding hydrogens is 541 g/mol. The molecule has 188 valence electrons. The van der Waals surface area contributed by atoms with E-state index in [0.29, 0.717) is 23.1 Å². The molecule has 0 unspecified atom stereocenters. The fourth-order valence-electron chi connectivity index (χ4n) is 4.34. The van der Waals surface area contributed by atoms with Gasteiger partial charge in [0.2, 0.25) is 5.88 Å². The molecule has 0 spiro atoms. The molecule has 6 rings (SSSR count). The Morgan fingerprint density at radius 3 is 2.68 bits per heavy atom. The quantitative estimate of drug-likeness (QED) is 0.272. The number of carbonyl (C=O) groups excluding carboxylic acids is 1. The average Bonchev–Trinajstić information content (AvgIpc) is 3.58. The van der Waals surface area contributed by atoms with Crippen molar-refractivity contribution < 1.29 is 17.9 Å². The van der Waals surface area contributed by atoms with Gasteiger partial charge in [0.05, 0.1) is 27.8 Å². The Bertz CT molecular complexity index is 1900. The van der Waals surface area contributed by atoms with Crippen molar-refractivity contribution in [2.45, 2.75) is 17.7 Å². The minimum Gasteiger partial charge on any atom is -0.480 e. The van der Waals surface area contributed by atoms with Gasteiger partial charge in [-0.05, 0) is 42.8 Å². The number of pyridine rings is 2. The number of methoxy groups -OCH3 is 1. The highest BCUT2D eigenvalue weighted by Gasteiger charge is 2.22. The fourth-order valence-corrected chi connectivity index (χ4v) is 7.73. The number of nitriles is 1. The summed E-state index contributed by atoms with van der Waals surface area (Å²) in [7, 11) is -2.64. The maximum atomic E-state index is 13.3. The lowest BCUT2D eigenvalue weighted by Crippen LogP contribution is -2.15. The highest BCUT2D eigenvalue weighted by Crippen LogP contribution is 2.43. The predicted octanol–water partition coefficient (Wildman–Crippen LogP) is 5.90. The van der Waals surface area contributed by atoms with Crippen LogP contribution in [0.2, 0.25) is 0 Å². The Balaban J connectivity index is 1.59. The predicted molar refractivity (Wildman–Crippen MR) is 147 cm³/mol. The maximum absolute atomic E-state index is 13.3. The summed E-state index contributed by atoms with van der Waals surface area (Å²) in [6.07, 6.45) is 3.89. The lowest BCUT2D eigenvalue weighted by atomic mass is 10.1. The molecule has 1 aliphatic rings. The van der Waals surface area contributed by atoms with E-state index in [0.717, 1.165) is 30.4 Å². The first kappa shape index (κ1) is 24.2. The van der Waals surface area contributed by atoms with Crippen molar-refractivity contribution in [3.05, 3.63) is 76.9 Å². The minimum absolute atomic E-state index is 0.0323. The number of hydrogen-bond acceptors (Lipinski definition) is 9. The van der Waals surface area contributed by atoms with Gasteiger partial charge in [0.25, 0.3) is 10.0 Å². The van der Waals surface area contributed by atoms with E-state index >= 15 is 0 Å². The molecule has 0 amide bonds. The number of hydrogen-bond donors (Lipinski definition) is 1. The van der Waals surface area contributed by atoms with Crippen LogP contribution in [0.1, 0.15) is 27.2 Å². The Kier molecular flexibility index (Phi) is 5.95. The lowest BCUT2D eigenvalue weighted by molar-refractivity contribution is 0.0983. The summed E-state index contributed by atoms with van der Waals surface area (Å²) in [6, 6.07) is 15.7. The zero-order valence-electron chi connectivity index (χ0n) is 19.9. The zero-order chi connectivity index (χ0) is 26.4. The number of rotatable bonds is 1. The smallest absolute Gasteiger partial charge is 0.262 e. The van der Waals surface area contributed by atoms with E-state index in [9.17, 15) is 18.5 Å². The molecule has 38 heavy (non-hydrogen) atoms. The SMILES string of the molecule is COc1ncc2cc1NS(=O)(=O)c1cccc(c1)C(=O)CCc1ccc(s1)-c1c(C#N)cnc3cc-2sc13. The highest BCUT2D eigenvalue weighted by atomic mass is 32.2. The van der Waals surface area contributed by atoms with Crippen molar-refractivity contribution in [3.63, 3.8) is 0 Å². The van der Waals surface area contributed by atoms with E-state index in [1.54, 1.807) is 30.6 Å². The first-order chi connectivity index (χ1) is 18.4. The molecule has 11 heteroatoms. The summed E-state index contributed by atoms with van der Waals surface area (Å²) in [5, 5.41) is 9.84. The van der Waals surface area contributed by atoms with Gasteiger partial charge in [0.15, 0.2) is 5.78 Å². The monoisotopic (exact) mass is 558 g/mol. The molecule has 8 nitrogen and oxygen atoms in total. The Morgan fingerprint density at radius 1 is 1.00 bits per heavy atom. The van der Waals surface area contributed by atoms with E-state index in [1.807, 2.05) is 18.2 Å². The fraction of sp³-hybridized carbons (Fsp3) is 0.111. The molecule has 0 saturated carbocycles. The second-order valence-electron chi connectivity index (χ2n) is 8.59. The number of benzene rings is 1. The summed E-state index contributed by atoms with van der Waals surface area (Å²) in [5.74, 6) is -0.0527. The number of sulfonamides is 1. The van der Waals surface area contributed by atoms with E-state index in [2.05, 4.69) is 20.8 Å². The number of Topliss-reactive ketones (excluding diaryl/α,β-unsaturated/α-hetero) is 1. The van der Waals surface area contributed by atoms with Crippen LogP contribution in [0.15, 0.2) is 65.8 Å². The standard InChI is InChI=1S/C27H18N4O4S3/c1-35-27-21-10-16(13-30-27)24-11-20-26(37-24)25(17(12-28)14-29-20)23-8-6-18(36-23)5-7-22(32)15-3-2-4-19(9-15)38(33,34)31-21/h2-4,6,8-11,13-14,31H,5,7H2,1H3. The number of aromatic nitrogens is 2. The van der Waals surface area contributed by atoms with Crippen molar-refractivity contribution in [3.8, 4) is 32.8 Å². The number of ether oxygens (including phenoxy) is 1. The Morgan fingerprint density at radius 2 is 1.87 bits per heavy atom. The topological polar surface area (TPSA) is 122 Å². The van der Waals surface area contributed by atoms with Crippen LogP contribution in [-0.2, 0) is 16.4 Å². The summed E-state index contributed by atoms with van der Waals surface area (Å²) in [6.45, 7) is 0. The van der Waals surface area contributed by atoms with Crippen LogP contribution in [0.5, 0.6) is 5.88 Å². The molecule has 0 radical (unpaired) electrons. The van der Waals surface area contributed by atoms with Crippen molar-refractivity contribution in [2.24, 2.45) is 0 Å². The van der Waals surface area contributed by atoms with Gasteiger partial charge in [-0.15, -0.1) is 22.7 Å². The number of nitrogens with zero attached hydrogens (tertiary/aromatic N) is 3. The van der Waals surface area contributed by atoms with Gasteiger partial charge >= 0.3 is 0 Å². The molecular formula is C27H18N4O4S3. The first-order valence-electron chi connectivity index (χ1n) is 11.5. The molecule has 0 saturated heterocycles. The zero-order valence-corrected chi connectivity index (χ0v) is 22.3. The molecule has 4 aromatic heterocycles. The summed E-state index contributed by atoms with van der Waals surface area (Å²) in [5.41, 5.74) is 3.12. The lowest BCUT2D eigenvalue weighted by Gasteiger charge is -2.13. The van der Waals surface area contributed by atoms with Gasteiger partial charge in [-0.1, -0.05) is 12.1 Å². The van der Waals surface area contributed by atoms with Crippen molar-refractivity contribution in [1.82, 2.24) is 9.97 Å². The number of nitrogens with one attached hydrogen (secondary N) is 1. The van der Waals surface area contributed by atoms with Crippen LogP contribution in [0.3, 0.4) is 0 Å². The van der Waals surface area contributed by atoms with Crippen LogP contribution in [0.25, 0.3) is 31.1 Å². The van der Waals surface area contributed by atoms with Gasteiger partial charge < -0.3 is 4.74 Å². The summed E-state index contributed by atoms with van der Waals surface area (Å²) < 4.78 is 35.4. The average molecular weight is 559 g/mol. The third kappa shape index (κ3) is 4.22. The van der Waals surface area contributed by atoms with Gasteiger partial charge in [-0.3, -0.25) is 14.5 Å². The summed E-state index contributed by atoms with van der Waals surface area (Å²) in [4.78, 5) is 24.5. The molecule has 0 atom stereocenters. The van der Waals surface area contributed by atoms with Gasteiger partial charge in [0, 0.05) is 50.1 Å². The molecule has 0 fully saturated rings. The van der Waals surface area contributed by atoms with Gasteiger partial charge in [-0.25, -0.2) is 13.4 Å².